The molecule has 1 aromatic heterocycles. The highest BCUT2D eigenvalue weighted by Crippen LogP contribution is 2.22. The van der Waals surface area contributed by atoms with E-state index in [-0.39, 0.29) is 18.6 Å². The molecule has 1 N–H and O–H groups in total. The number of nitrogens with one attached hydrogen (secondary N) is 1. The number of fused-ring (bicyclic) bond motifs is 1. The smallest absolute Gasteiger partial charge is 0.258 e. The molecule has 29 heavy (non-hydrogen) atoms. The predicted molar refractivity (Wildman–Crippen MR) is 114 cm³/mol. The number of imidazole rings is 1. The van der Waals surface area contributed by atoms with E-state index in [1.54, 1.807) is 0 Å². The van der Waals surface area contributed by atoms with Gasteiger partial charge in [-0.2, -0.15) is 0 Å². The van der Waals surface area contributed by atoms with Crippen LogP contribution in [0.3, 0.4) is 0 Å². The van der Waals surface area contributed by atoms with E-state index in [9.17, 15) is 4.79 Å². The van der Waals surface area contributed by atoms with Crippen molar-refractivity contribution in [1.29, 1.82) is 0 Å². The predicted octanol–water partition coefficient (Wildman–Crippen LogP) is 4.34. The molecule has 1 amide bonds. The molecule has 146 valence electrons. The summed E-state index contributed by atoms with van der Waals surface area (Å²) in [6.45, 7) is 2.60. The highest BCUT2D eigenvalue weighted by Gasteiger charge is 2.18. The lowest BCUT2D eigenvalue weighted by Crippen LogP contribution is -2.32. The van der Waals surface area contributed by atoms with Gasteiger partial charge in [0.1, 0.15) is 11.6 Å². The maximum atomic E-state index is 12.4. The van der Waals surface area contributed by atoms with Gasteiger partial charge in [0.05, 0.1) is 17.1 Å². The molecule has 0 radical (unpaired) electrons. The van der Waals surface area contributed by atoms with Crippen molar-refractivity contribution in [3.8, 4) is 5.75 Å². The molecule has 0 saturated heterocycles. The Balaban J connectivity index is 1.52. The molecule has 0 aliphatic heterocycles. The Morgan fingerprint density at radius 2 is 1.62 bits per heavy atom. The minimum Gasteiger partial charge on any atom is -0.484 e. The average Bonchev–Trinajstić information content (AvgIpc) is 3.12. The number of amides is 1. The van der Waals surface area contributed by atoms with Gasteiger partial charge < -0.3 is 14.6 Å². The summed E-state index contributed by atoms with van der Waals surface area (Å²) in [6, 6.07) is 27.3. The average molecular weight is 385 g/mol. The van der Waals surface area contributed by atoms with E-state index in [1.807, 2.05) is 73.7 Å². The first kappa shape index (κ1) is 18.7. The number of hydrogen-bond acceptors (Lipinski definition) is 3. The second-order valence-electron chi connectivity index (χ2n) is 6.92. The molecule has 0 fully saturated rings. The SMILES string of the molecule is CC(NC(=O)COc1ccccc1)c1nc2ccccc2n1Cc1ccccc1. The number of ether oxygens (including phenoxy) is 1. The third-order valence-corrected chi connectivity index (χ3v) is 4.75. The van der Waals surface area contributed by atoms with Crippen LogP contribution < -0.4 is 10.1 Å². The van der Waals surface area contributed by atoms with Crippen LogP contribution in [0.25, 0.3) is 11.0 Å². The Morgan fingerprint density at radius 3 is 2.38 bits per heavy atom. The zero-order valence-corrected chi connectivity index (χ0v) is 16.3. The molecule has 0 saturated carbocycles. The Labute approximate surface area is 170 Å². The molecule has 4 aromatic rings. The minimum absolute atomic E-state index is 0.0345. The Bertz CT molecular complexity index is 1090. The van der Waals surface area contributed by atoms with Crippen molar-refractivity contribution in [2.75, 3.05) is 6.61 Å². The van der Waals surface area contributed by atoms with Crippen molar-refractivity contribution in [2.45, 2.75) is 19.5 Å². The van der Waals surface area contributed by atoms with Crippen LogP contribution in [-0.2, 0) is 11.3 Å². The molecule has 1 unspecified atom stereocenters. The van der Waals surface area contributed by atoms with E-state index in [0.29, 0.717) is 12.3 Å². The van der Waals surface area contributed by atoms with E-state index in [4.69, 9.17) is 9.72 Å². The molecule has 1 atom stereocenters. The van der Waals surface area contributed by atoms with Gasteiger partial charge in [0.25, 0.3) is 5.91 Å². The number of para-hydroxylation sites is 3. The number of carbonyl (C=O) groups excluding carboxylic acids is 1. The van der Waals surface area contributed by atoms with Gasteiger partial charge in [-0.3, -0.25) is 4.79 Å². The van der Waals surface area contributed by atoms with Gasteiger partial charge in [0, 0.05) is 6.54 Å². The third-order valence-electron chi connectivity index (χ3n) is 4.75. The summed E-state index contributed by atoms with van der Waals surface area (Å²) in [5.41, 5.74) is 3.15. The van der Waals surface area contributed by atoms with Crippen molar-refractivity contribution >= 4 is 16.9 Å². The van der Waals surface area contributed by atoms with Crippen molar-refractivity contribution < 1.29 is 9.53 Å². The molecule has 0 aliphatic carbocycles. The quantitative estimate of drug-likeness (QED) is 0.515. The molecule has 5 nitrogen and oxygen atoms in total. The first-order chi connectivity index (χ1) is 14.2. The van der Waals surface area contributed by atoms with Gasteiger partial charge >= 0.3 is 0 Å². The standard InChI is InChI=1S/C24H23N3O2/c1-18(25-23(28)17-29-20-12-6-3-7-13-20)24-26-21-14-8-9-15-22(21)27(24)16-19-10-4-2-5-11-19/h2-15,18H,16-17H2,1H3,(H,25,28). The van der Waals surface area contributed by atoms with Crippen LogP contribution in [0.4, 0.5) is 0 Å². The molecule has 4 rings (SSSR count). The highest BCUT2D eigenvalue weighted by molar-refractivity contribution is 5.79. The maximum Gasteiger partial charge on any atom is 0.258 e. The number of carbonyl (C=O) groups is 1. The first-order valence-electron chi connectivity index (χ1n) is 9.67. The summed E-state index contributed by atoms with van der Waals surface area (Å²) in [7, 11) is 0. The van der Waals surface area contributed by atoms with Crippen LogP contribution in [0, 0.1) is 0 Å². The summed E-state index contributed by atoms with van der Waals surface area (Å²) in [6.07, 6.45) is 0. The van der Waals surface area contributed by atoms with Crippen molar-refractivity contribution in [3.05, 3.63) is 96.3 Å². The molecule has 0 spiro atoms. The molecule has 3 aromatic carbocycles. The monoisotopic (exact) mass is 385 g/mol. The lowest BCUT2D eigenvalue weighted by molar-refractivity contribution is -0.123. The van der Waals surface area contributed by atoms with E-state index in [2.05, 4.69) is 28.1 Å². The molecular formula is C24H23N3O2. The summed E-state index contributed by atoms with van der Waals surface area (Å²) in [5, 5.41) is 3.01. The van der Waals surface area contributed by atoms with Gasteiger partial charge in [-0.05, 0) is 36.8 Å². The summed E-state index contributed by atoms with van der Waals surface area (Å²) in [5.74, 6) is 1.31. The maximum absolute atomic E-state index is 12.4. The Kier molecular flexibility index (Phi) is 5.56. The molecular weight excluding hydrogens is 362 g/mol. The van der Waals surface area contributed by atoms with Crippen LogP contribution in [0.1, 0.15) is 24.4 Å². The minimum atomic E-state index is -0.252. The van der Waals surface area contributed by atoms with Gasteiger partial charge in [-0.25, -0.2) is 4.98 Å². The van der Waals surface area contributed by atoms with E-state index >= 15 is 0 Å². The zero-order valence-electron chi connectivity index (χ0n) is 16.3. The fourth-order valence-corrected chi connectivity index (χ4v) is 3.37. The Morgan fingerprint density at radius 1 is 0.966 bits per heavy atom. The molecule has 5 heteroatoms. The number of aromatic nitrogens is 2. The third kappa shape index (κ3) is 4.46. The second kappa shape index (κ2) is 8.61. The zero-order chi connectivity index (χ0) is 20.1. The normalized spacial score (nSPS) is 11.9. The van der Waals surface area contributed by atoms with Crippen LogP contribution in [0.2, 0.25) is 0 Å². The van der Waals surface area contributed by atoms with Crippen LogP contribution in [0.5, 0.6) is 5.75 Å². The number of rotatable bonds is 7. The van der Waals surface area contributed by atoms with Gasteiger partial charge in [-0.15, -0.1) is 0 Å². The largest absolute Gasteiger partial charge is 0.484 e. The van der Waals surface area contributed by atoms with Crippen LogP contribution >= 0.6 is 0 Å². The van der Waals surface area contributed by atoms with Gasteiger partial charge in [0.2, 0.25) is 0 Å². The lowest BCUT2D eigenvalue weighted by atomic mass is 10.2. The number of hydrogen-bond donors (Lipinski definition) is 1. The number of benzene rings is 3. The van der Waals surface area contributed by atoms with Gasteiger partial charge in [0.15, 0.2) is 6.61 Å². The number of nitrogens with zero attached hydrogens (tertiary/aromatic N) is 2. The molecule has 0 bridgehead atoms. The fourth-order valence-electron chi connectivity index (χ4n) is 3.37. The summed E-state index contributed by atoms with van der Waals surface area (Å²) >= 11 is 0. The van der Waals surface area contributed by atoms with E-state index in [1.165, 1.54) is 5.56 Å². The molecule has 0 aliphatic rings. The van der Waals surface area contributed by atoms with Crippen LogP contribution in [0.15, 0.2) is 84.9 Å². The lowest BCUT2D eigenvalue weighted by Gasteiger charge is -2.17. The molecule has 1 heterocycles. The van der Waals surface area contributed by atoms with Crippen molar-refractivity contribution in [2.24, 2.45) is 0 Å². The van der Waals surface area contributed by atoms with Crippen molar-refractivity contribution in [3.63, 3.8) is 0 Å². The van der Waals surface area contributed by atoms with E-state index < -0.39 is 0 Å². The second-order valence-corrected chi connectivity index (χ2v) is 6.92. The highest BCUT2D eigenvalue weighted by atomic mass is 16.5. The summed E-state index contributed by atoms with van der Waals surface area (Å²) < 4.78 is 7.71. The fraction of sp³-hybridized carbons (Fsp3) is 0.167. The van der Waals surface area contributed by atoms with Crippen LogP contribution in [-0.4, -0.2) is 22.1 Å². The topological polar surface area (TPSA) is 56.1 Å². The van der Waals surface area contributed by atoms with Gasteiger partial charge in [-0.1, -0.05) is 60.7 Å². The summed E-state index contributed by atoms with van der Waals surface area (Å²) in [4.78, 5) is 17.2. The Hall–Kier alpha value is -3.60. The van der Waals surface area contributed by atoms with Crippen molar-refractivity contribution in [1.82, 2.24) is 14.9 Å². The van der Waals surface area contributed by atoms with E-state index in [0.717, 1.165) is 16.9 Å². The first-order valence-corrected chi connectivity index (χ1v) is 9.67.